The summed E-state index contributed by atoms with van der Waals surface area (Å²) in [4.78, 5) is 10.4. The third-order valence-electron chi connectivity index (χ3n) is 11.1. The van der Waals surface area contributed by atoms with Crippen molar-refractivity contribution in [3.63, 3.8) is 0 Å². The topological polar surface area (TPSA) is 24.7 Å². The molecule has 0 unspecified atom stereocenters. The van der Waals surface area contributed by atoms with Gasteiger partial charge in [-0.2, -0.15) is 0 Å². The molecule has 0 saturated heterocycles. The average Bonchev–Trinajstić information content (AvgIpc) is 3.19. The summed E-state index contributed by atoms with van der Waals surface area (Å²) in [5, 5.41) is 0. The lowest BCUT2D eigenvalue weighted by Gasteiger charge is -2.11. The molecule has 0 aliphatic heterocycles. The van der Waals surface area contributed by atoms with Crippen LogP contribution < -0.4 is 0 Å². The molecule has 2 heteroatoms. The number of unbranched alkanes of at least 4 members (excludes halogenated alkanes) is 28. The van der Waals surface area contributed by atoms with Gasteiger partial charge in [0.1, 0.15) is 0 Å². The van der Waals surface area contributed by atoms with Crippen molar-refractivity contribution in [2.45, 2.75) is 233 Å². The van der Waals surface area contributed by atoms with E-state index in [0.29, 0.717) is 0 Å². The van der Waals surface area contributed by atoms with E-state index in [1.807, 2.05) is 0 Å². The molecule has 54 heavy (non-hydrogen) atoms. The molecule has 0 radical (unpaired) electrons. The quantitative estimate of drug-likeness (QED) is 0.0487. The van der Waals surface area contributed by atoms with Crippen LogP contribution in [0.25, 0.3) is 6.08 Å². The highest BCUT2D eigenvalue weighted by Gasteiger charge is 2.11. The van der Waals surface area contributed by atoms with Crippen LogP contribution in [-0.2, 0) is 0 Å². The Labute approximate surface area is 336 Å². The lowest BCUT2D eigenvalue weighted by atomic mass is 10.0. The van der Waals surface area contributed by atoms with Gasteiger partial charge in [0.25, 0.3) is 0 Å². The highest BCUT2D eigenvalue weighted by Crippen LogP contribution is 2.22. The van der Waals surface area contributed by atoms with Crippen LogP contribution in [0.5, 0.6) is 0 Å². The fraction of sp³-hybridized carbons (Fsp3) is 0.692. The summed E-state index contributed by atoms with van der Waals surface area (Å²) in [6, 6.07) is 19.2. The van der Waals surface area contributed by atoms with Gasteiger partial charge in [0, 0.05) is 0 Å². The van der Waals surface area contributed by atoms with Crippen molar-refractivity contribution >= 4 is 28.9 Å². The van der Waals surface area contributed by atoms with E-state index in [1.165, 1.54) is 203 Å². The minimum absolute atomic E-state index is 0.982. The van der Waals surface area contributed by atoms with E-state index in [1.54, 1.807) is 0 Å². The standard InChI is InChI=1S/C52H86N2/c1-4-7-10-12-13-14-15-16-17-18-19-20-21-22-23-24-25-26-27-28-29-30-31-32-33-35-40-48-41-39-44-50(47-48)54-51(45-9-6-3)52(46-38-11-8-5-2)53-49-42-36-34-37-43-49/h34-37,39-44,47H,4-33,38,45-46H2,1-3H3. The van der Waals surface area contributed by atoms with Crippen molar-refractivity contribution in [1.29, 1.82) is 0 Å². The number of benzene rings is 2. The van der Waals surface area contributed by atoms with Gasteiger partial charge < -0.3 is 0 Å². The fourth-order valence-corrected chi connectivity index (χ4v) is 7.55. The normalized spacial score (nSPS) is 12.4. The van der Waals surface area contributed by atoms with Gasteiger partial charge in [-0.3, -0.25) is 9.98 Å². The minimum Gasteiger partial charge on any atom is -0.252 e. The van der Waals surface area contributed by atoms with Crippen molar-refractivity contribution in [2.75, 3.05) is 0 Å². The Morgan fingerprint density at radius 1 is 0.389 bits per heavy atom. The molecular weight excluding hydrogens is 653 g/mol. The maximum Gasteiger partial charge on any atom is 0.0639 e. The molecule has 0 saturated carbocycles. The van der Waals surface area contributed by atoms with Crippen LogP contribution in [0, 0.1) is 0 Å². The second-order valence-electron chi connectivity index (χ2n) is 16.3. The van der Waals surface area contributed by atoms with Gasteiger partial charge in [-0.1, -0.05) is 237 Å². The number of allylic oxidation sites excluding steroid dienone is 1. The van der Waals surface area contributed by atoms with Gasteiger partial charge in [0.2, 0.25) is 0 Å². The van der Waals surface area contributed by atoms with Gasteiger partial charge in [-0.25, -0.2) is 0 Å². The highest BCUT2D eigenvalue weighted by molar-refractivity contribution is 6.43. The van der Waals surface area contributed by atoms with Crippen molar-refractivity contribution in [1.82, 2.24) is 0 Å². The molecule has 0 amide bonds. The summed E-state index contributed by atoms with van der Waals surface area (Å²) >= 11 is 0. The van der Waals surface area contributed by atoms with Gasteiger partial charge in [-0.05, 0) is 68.4 Å². The number of para-hydroxylation sites is 1. The van der Waals surface area contributed by atoms with Crippen LogP contribution in [0.4, 0.5) is 11.4 Å². The number of aliphatic imine (C=N–C) groups is 2. The second kappa shape index (κ2) is 36.2. The van der Waals surface area contributed by atoms with Crippen molar-refractivity contribution < 1.29 is 0 Å². The molecule has 0 N–H and O–H groups in total. The van der Waals surface area contributed by atoms with Crippen LogP contribution in [0.15, 0.2) is 70.7 Å². The number of hydrogen-bond acceptors (Lipinski definition) is 2. The van der Waals surface area contributed by atoms with Crippen molar-refractivity contribution in [3.8, 4) is 0 Å². The molecule has 2 nitrogen and oxygen atoms in total. The zero-order chi connectivity index (χ0) is 38.4. The molecule has 2 aromatic carbocycles. The van der Waals surface area contributed by atoms with E-state index in [2.05, 4.69) is 87.5 Å². The van der Waals surface area contributed by atoms with Gasteiger partial charge in [0.15, 0.2) is 0 Å². The third kappa shape index (κ3) is 27.2. The summed E-state index contributed by atoms with van der Waals surface area (Å²) < 4.78 is 0. The molecule has 0 aromatic heterocycles. The first-order valence-electron chi connectivity index (χ1n) is 23.7. The molecular formula is C52H86N2. The molecule has 2 aromatic rings. The first kappa shape index (κ1) is 47.7. The lowest BCUT2D eigenvalue weighted by molar-refractivity contribution is 0.517. The Balaban J connectivity index is 1.55. The number of hydrogen-bond donors (Lipinski definition) is 0. The Hall–Kier alpha value is -2.48. The minimum atomic E-state index is 0.982. The summed E-state index contributed by atoms with van der Waals surface area (Å²) in [5.74, 6) is 0. The first-order valence-corrected chi connectivity index (χ1v) is 23.7. The number of nitrogens with zero attached hydrogens (tertiary/aromatic N) is 2. The Kier molecular flexibility index (Phi) is 31.9. The molecule has 2 rings (SSSR count). The maximum atomic E-state index is 5.25. The largest absolute Gasteiger partial charge is 0.252 e. The van der Waals surface area contributed by atoms with E-state index in [4.69, 9.17) is 9.98 Å². The molecule has 0 aliphatic carbocycles. The summed E-state index contributed by atoms with van der Waals surface area (Å²) in [6.45, 7) is 6.85. The zero-order valence-corrected chi connectivity index (χ0v) is 36.1. The predicted molar refractivity (Wildman–Crippen MR) is 245 cm³/mol. The molecule has 0 atom stereocenters. The Morgan fingerprint density at radius 3 is 1.26 bits per heavy atom. The second-order valence-corrected chi connectivity index (χ2v) is 16.3. The van der Waals surface area contributed by atoms with Gasteiger partial charge in [0.05, 0.1) is 22.8 Å². The van der Waals surface area contributed by atoms with E-state index < -0.39 is 0 Å². The van der Waals surface area contributed by atoms with E-state index in [-0.39, 0.29) is 0 Å². The third-order valence-corrected chi connectivity index (χ3v) is 11.1. The Morgan fingerprint density at radius 2 is 0.778 bits per heavy atom. The zero-order valence-electron chi connectivity index (χ0n) is 36.1. The van der Waals surface area contributed by atoms with Crippen LogP contribution in [0.3, 0.4) is 0 Å². The smallest absolute Gasteiger partial charge is 0.0639 e. The maximum absolute atomic E-state index is 5.25. The van der Waals surface area contributed by atoms with Crippen LogP contribution in [0.1, 0.15) is 238 Å². The van der Waals surface area contributed by atoms with Gasteiger partial charge >= 0.3 is 0 Å². The Bertz CT molecular complexity index is 1190. The van der Waals surface area contributed by atoms with Crippen molar-refractivity contribution in [2.24, 2.45) is 9.98 Å². The summed E-state index contributed by atoms with van der Waals surface area (Å²) in [6.07, 6.45) is 49.7. The van der Waals surface area contributed by atoms with Gasteiger partial charge in [-0.15, -0.1) is 0 Å². The molecule has 0 spiro atoms. The van der Waals surface area contributed by atoms with Crippen LogP contribution in [0.2, 0.25) is 0 Å². The lowest BCUT2D eigenvalue weighted by Crippen LogP contribution is -2.14. The monoisotopic (exact) mass is 739 g/mol. The molecule has 0 aliphatic rings. The van der Waals surface area contributed by atoms with E-state index in [9.17, 15) is 0 Å². The van der Waals surface area contributed by atoms with E-state index >= 15 is 0 Å². The molecule has 0 heterocycles. The number of rotatable bonds is 37. The summed E-state index contributed by atoms with van der Waals surface area (Å²) in [5.41, 5.74) is 5.66. The van der Waals surface area contributed by atoms with E-state index in [0.717, 1.165) is 37.1 Å². The first-order chi connectivity index (χ1) is 26.8. The fourth-order valence-electron chi connectivity index (χ4n) is 7.55. The van der Waals surface area contributed by atoms with Crippen LogP contribution in [-0.4, -0.2) is 11.4 Å². The highest BCUT2D eigenvalue weighted by atomic mass is 14.8. The molecule has 304 valence electrons. The average molecular weight is 739 g/mol. The van der Waals surface area contributed by atoms with Crippen LogP contribution >= 0.6 is 0 Å². The predicted octanol–water partition coefficient (Wildman–Crippen LogP) is 18.5. The van der Waals surface area contributed by atoms with Crippen molar-refractivity contribution in [3.05, 3.63) is 66.2 Å². The molecule has 0 bridgehead atoms. The summed E-state index contributed by atoms with van der Waals surface area (Å²) in [7, 11) is 0. The SMILES string of the molecule is CCCCCCCCCCCCCCCCCCCCCCCCCCC=Cc1cccc(N=C(CCCC)C(CCCCCC)=Nc2ccccc2)c1. The molecule has 0 fully saturated rings.